The van der Waals surface area contributed by atoms with Gasteiger partial charge in [-0.05, 0) is 107 Å². The molecular weight excluding hydrogens is 748 g/mol. The minimum Gasteiger partial charge on any atom is -0.378 e. The lowest BCUT2D eigenvalue weighted by molar-refractivity contribution is 0.122. The number of pyridine rings is 3. The van der Waals surface area contributed by atoms with Gasteiger partial charge in [0.15, 0.2) is 0 Å². The Morgan fingerprint density at radius 2 is 1.17 bits per heavy atom. The maximum Gasteiger partial charge on any atom is 0.125 e. The highest BCUT2D eigenvalue weighted by Gasteiger charge is 2.39. The predicted octanol–water partition coefficient (Wildman–Crippen LogP) is 12.2. The van der Waals surface area contributed by atoms with Crippen LogP contribution in [0.4, 0.5) is 25.8 Å². The van der Waals surface area contributed by atoms with E-state index < -0.39 is 0 Å². The lowest BCUT2D eigenvalue weighted by Gasteiger charge is -2.30. The highest BCUT2D eigenvalue weighted by atomic mass is 35.5. The number of fused-ring (bicyclic) bond motifs is 3. The van der Waals surface area contributed by atoms with Crippen molar-refractivity contribution < 1.29 is 13.5 Å². The molecule has 0 amide bonds. The number of hydrogen-bond donors (Lipinski definition) is 0. The monoisotopic (exact) mass is 795 g/mol. The maximum absolute atomic E-state index is 14.5. The molecule has 0 atom stereocenters. The Labute approximate surface area is 344 Å². The first-order valence-electron chi connectivity index (χ1n) is 19.8. The van der Waals surface area contributed by atoms with E-state index >= 15 is 0 Å². The van der Waals surface area contributed by atoms with Gasteiger partial charge in [-0.2, -0.15) is 0 Å². The molecule has 5 heterocycles. The van der Waals surface area contributed by atoms with E-state index in [0.717, 1.165) is 100 Å². The first kappa shape index (κ1) is 39.4. The molecule has 0 spiro atoms. The second-order valence-electron chi connectivity index (χ2n) is 16.5. The lowest BCUT2D eigenvalue weighted by atomic mass is 9.91. The number of morpholine rings is 1. The summed E-state index contributed by atoms with van der Waals surface area (Å²) in [5.41, 5.74) is 16.0. The molecule has 0 saturated carbocycles. The number of anilines is 3. The molecule has 9 rings (SSSR count). The van der Waals surface area contributed by atoms with Crippen LogP contribution in [0.5, 0.6) is 0 Å². The van der Waals surface area contributed by atoms with Crippen LogP contribution >= 0.6 is 11.6 Å². The largest absolute Gasteiger partial charge is 0.378 e. The highest BCUT2D eigenvalue weighted by Crippen LogP contribution is 2.48. The Morgan fingerprint density at radius 1 is 0.655 bits per heavy atom. The van der Waals surface area contributed by atoms with Crippen molar-refractivity contribution in [1.29, 1.82) is 0 Å². The zero-order valence-electron chi connectivity index (χ0n) is 34.4. The van der Waals surface area contributed by atoms with Gasteiger partial charge in [0.1, 0.15) is 11.6 Å². The predicted molar refractivity (Wildman–Crippen MR) is 235 cm³/mol. The van der Waals surface area contributed by atoms with Crippen LogP contribution in [0.15, 0.2) is 85.1 Å². The fourth-order valence-electron chi connectivity index (χ4n) is 8.66. The smallest absolute Gasteiger partial charge is 0.125 e. The van der Waals surface area contributed by atoms with E-state index in [0.29, 0.717) is 16.1 Å². The number of rotatable bonds is 4. The Morgan fingerprint density at radius 3 is 1.74 bits per heavy atom. The quantitative estimate of drug-likeness (QED) is 0.177. The van der Waals surface area contributed by atoms with E-state index in [-0.39, 0.29) is 17.0 Å². The van der Waals surface area contributed by atoms with Crippen molar-refractivity contribution in [2.45, 2.75) is 60.8 Å². The van der Waals surface area contributed by atoms with E-state index in [1.54, 1.807) is 12.1 Å². The van der Waals surface area contributed by atoms with E-state index in [1.807, 2.05) is 33.0 Å². The number of aromatic nitrogens is 3. The summed E-state index contributed by atoms with van der Waals surface area (Å²) in [7, 11) is 0. The van der Waals surface area contributed by atoms with Gasteiger partial charge in [0, 0.05) is 59.1 Å². The standard InChI is InChI=1S/C31H33FN4O.C18H15ClFN/c1-19-12-20(2)14-22(13-19)28-21(3)29(25-7-6-23(32)15-26(25)34-28)36-18-31(4,5)30-27(36)16-24(17-33-30)35-8-10-37-11-9-35;1-10-6-11(2)8-13(7-10)18-12(3)17(19)15-5-4-14(20)9-16(15)21-18/h6-7,12-17H,8-11,18H2,1-5H3;4-9H,1-3H3. The average molecular weight is 796 g/mol. The van der Waals surface area contributed by atoms with Gasteiger partial charge in [0.25, 0.3) is 0 Å². The molecule has 58 heavy (non-hydrogen) atoms. The van der Waals surface area contributed by atoms with Crippen LogP contribution in [0, 0.1) is 53.2 Å². The SMILES string of the molecule is Cc1cc(C)cc(-c2nc3cc(F)ccc3c(Cl)c2C)c1.Cc1cc(C)cc(-c2nc3cc(F)ccc3c(N3CC(C)(C)c4ncc(N5CCOCC5)cc43)c2C)c1. The molecule has 9 heteroatoms. The van der Waals surface area contributed by atoms with Gasteiger partial charge in [0.05, 0.1) is 69.6 Å². The third kappa shape index (κ3) is 7.51. The summed E-state index contributed by atoms with van der Waals surface area (Å²) in [6.45, 7) is 20.8. The van der Waals surface area contributed by atoms with Gasteiger partial charge < -0.3 is 14.5 Å². The molecule has 1 fully saturated rings. The molecule has 296 valence electrons. The van der Waals surface area contributed by atoms with Crippen LogP contribution in [-0.4, -0.2) is 47.8 Å². The minimum absolute atomic E-state index is 0.138. The summed E-state index contributed by atoms with van der Waals surface area (Å²) in [5.74, 6) is -0.583. The van der Waals surface area contributed by atoms with Crippen LogP contribution in [0.25, 0.3) is 44.3 Å². The third-order valence-electron chi connectivity index (χ3n) is 11.2. The molecule has 0 N–H and O–H groups in total. The molecule has 7 aromatic rings. The molecule has 0 unspecified atom stereocenters. The first-order valence-corrected chi connectivity index (χ1v) is 20.2. The van der Waals surface area contributed by atoms with Crippen molar-refractivity contribution in [3.8, 4) is 22.5 Å². The van der Waals surface area contributed by atoms with Gasteiger partial charge in [-0.25, -0.2) is 18.7 Å². The Balaban J connectivity index is 0.000000189. The normalized spacial score (nSPS) is 14.8. The maximum atomic E-state index is 14.5. The van der Waals surface area contributed by atoms with Crippen LogP contribution in [0.2, 0.25) is 5.02 Å². The van der Waals surface area contributed by atoms with Gasteiger partial charge in [-0.1, -0.05) is 59.8 Å². The summed E-state index contributed by atoms with van der Waals surface area (Å²) < 4.78 is 33.5. The second kappa shape index (κ2) is 15.4. The van der Waals surface area contributed by atoms with Gasteiger partial charge in [-0.15, -0.1) is 0 Å². The van der Waals surface area contributed by atoms with Gasteiger partial charge >= 0.3 is 0 Å². The number of aryl methyl sites for hydroxylation is 4. The first-order chi connectivity index (χ1) is 27.7. The lowest BCUT2D eigenvalue weighted by Crippen LogP contribution is -2.36. The molecule has 0 aliphatic carbocycles. The number of ether oxygens (including phenoxy) is 1. The fraction of sp³-hybridized carbons (Fsp3) is 0.286. The molecule has 2 aliphatic heterocycles. The topological polar surface area (TPSA) is 54.4 Å². The van der Waals surface area contributed by atoms with Gasteiger partial charge in [0.2, 0.25) is 0 Å². The molecule has 6 nitrogen and oxygen atoms in total. The summed E-state index contributed by atoms with van der Waals surface area (Å²) in [5, 5.41) is 2.37. The number of nitrogens with zero attached hydrogens (tertiary/aromatic N) is 5. The van der Waals surface area contributed by atoms with Crippen LogP contribution in [0.3, 0.4) is 0 Å². The molecule has 1 saturated heterocycles. The zero-order valence-corrected chi connectivity index (χ0v) is 35.2. The number of halogens is 3. The van der Waals surface area contributed by atoms with Crippen molar-refractivity contribution in [3.63, 3.8) is 0 Å². The van der Waals surface area contributed by atoms with Crippen LogP contribution in [-0.2, 0) is 10.2 Å². The second-order valence-corrected chi connectivity index (χ2v) is 16.9. The van der Waals surface area contributed by atoms with Crippen molar-refractivity contribution in [1.82, 2.24) is 15.0 Å². The van der Waals surface area contributed by atoms with Crippen LogP contribution in [0.1, 0.15) is 52.9 Å². The fourth-order valence-corrected chi connectivity index (χ4v) is 8.91. The Hall–Kier alpha value is -5.44. The van der Waals surface area contributed by atoms with Crippen molar-refractivity contribution in [2.75, 3.05) is 42.6 Å². The number of hydrogen-bond acceptors (Lipinski definition) is 6. The summed E-state index contributed by atoms with van der Waals surface area (Å²) in [4.78, 5) is 19.3. The zero-order chi connectivity index (χ0) is 41.0. The van der Waals surface area contributed by atoms with E-state index in [4.69, 9.17) is 26.3 Å². The van der Waals surface area contributed by atoms with E-state index in [2.05, 4.69) is 91.9 Å². The van der Waals surface area contributed by atoms with Crippen LogP contribution < -0.4 is 9.80 Å². The van der Waals surface area contributed by atoms with E-state index in [9.17, 15) is 8.78 Å². The Bertz CT molecular complexity index is 2700. The van der Waals surface area contributed by atoms with Crippen molar-refractivity contribution in [3.05, 3.63) is 141 Å². The molecule has 2 aliphatic rings. The molecule has 0 bridgehead atoms. The Kier molecular flexibility index (Phi) is 10.4. The van der Waals surface area contributed by atoms with Crippen molar-refractivity contribution in [2.24, 2.45) is 0 Å². The molecule has 4 aromatic carbocycles. The summed E-state index contributed by atoms with van der Waals surface area (Å²) in [6, 6.07) is 24.5. The van der Waals surface area contributed by atoms with Gasteiger partial charge in [-0.3, -0.25) is 4.98 Å². The number of benzene rings is 4. The minimum atomic E-state index is -0.304. The molecular formula is C49H48ClF2N5O. The molecule has 0 radical (unpaired) electrons. The molecule has 3 aromatic heterocycles. The van der Waals surface area contributed by atoms with E-state index in [1.165, 1.54) is 40.5 Å². The average Bonchev–Trinajstić information content (AvgIpc) is 3.44. The third-order valence-corrected chi connectivity index (χ3v) is 11.7. The van der Waals surface area contributed by atoms with Crippen molar-refractivity contribution >= 4 is 50.5 Å². The highest BCUT2D eigenvalue weighted by molar-refractivity contribution is 6.36. The summed E-state index contributed by atoms with van der Waals surface area (Å²) >= 11 is 6.45. The summed E-state index contributed by atoms with van der Waals surface area (Å²) in [6.07, 6.45) is 2.00.